The van der Waals surface area contributed by atoms with Gasteiger partial charge in [0.15, 0.2) is 0 Å². The van der Waals surface area contributed by atoms with E-state index in [0.717, 1.165) is 10.6 Å². The summed E-state index contributed by atoms with van der Waals surface area (Å²) in [5.41, 5.74) is 13.8. The number of hydrogen-bond acceptors (Lipinski definition) is 3. The molecule has 0 radical (unpaired) electrons. The molecule has 17 heavy (non-hydrogen) atoms. The maximum atomic E-state index is 6.27. The van der Waals surface area contributed by atoms with E-state index >= 15 is 0 Å². The maximum absolute atomic E-state index is 6.27. The molecule has 1 aromatic rings. The van der Waals surface area contributed by atoms with E-state index in [4.69, 9.17) is 17.3 Å². The summed E-state index contributed by atoms with van der Waals surface area (Å²) in [6.45, 7) is 6.61. The van der Waals surface area contributed by atoms with E-state index in [1.807, 2.05) is 18.2 Å². The molecule has 94 valence electrons. The fraction of sp³-hybridized carbons (Fsp3) is 0.538. The normalized spacial score (nSPS) is 29.6. The van der Waals surface area contributed by atoms with Crippen molar-refractivity contribution in [3.05, 3.63) is 34.9 Å². The highest BCUT2D eigenvalue weighted by atomic mass is 35.5. The van der Waals surface area contributed by atoms with Crippen molar-refractivity contribution in [2.24, 2.45) is 11.1 Å². The van der Waals surface area contributed by atoms with Gasteiger partial charge >= 0.3 is 0 Å². The second-order valence-corrected chi connectivity index (χ2v) is 6.11. The number of nitrogens with two attached hydrogens (primary N) is 1. The molecule has 0 aliphatic carbocycles. The molecular formula is C13H20ClN3. The number of nitrogens with one attached hydrogen (secondary N) is 2. The van der Waals surface area contributed by atoms with Crippen LogP contribution in [0, 0.1) is 5.41 Å². The Hall–Kier alpha value is -0.610. The molecule has 4 N–H and O–H groups in total. The molecule has 3 atom stereocenters. The average molecular weight is 254 g/mol. The van der Waals surface area contributed by atoms with Gasteiger partial charge in [-0.3, -0.25) is 5.43 Å². The first-order valence-corrected chi connectivity index (χ1v) is 6.30. The highest BCUT2D eigenvalue weighted by Gasteiger charge is 2.41. The maximum Gasteiger partial charge on any atom is 0.0764 e. The summed E-state index contributed by atoms with van der Waals surface area (Å²) in [5.74, 6) is 0.184. The molecule has 0 bridgehead atoms. The van der Waals surface area contributed by atoms with Crippen molar-refractivity contribution in [3.8, 4) is 0 Å². The van der Waals surface area contributed by atoms with Crippen LogP contribution in [0.3, 0.4) is 0 Å². The molecule has 1 saturated heterocycles. The van der Waals surface area contributed by atoms with Crippen LogP contribution in [0.5, 0.6) is 0 Å². The first-order valence-electron chi connectivity index (χ1n) is 5.92. The quantitative estimate of drug-likeness (QED) is 0.720. The molecule has 1 heterocycles. The Labute approximate surface area is 108 Å². The third-order valence-electron chi connectivity index (χ3n) is 3.35. The van der Waals surface area contributed by atoms with Crippen molar-refractivity contribution >= 4 is 11.6 Å². The van der Waals surface area contributed by atoms with Gasteiger partial charge in [-0.25, -0.2) is 5.43 Å². The van der Waals surface area contributed by atoms with E-state index in [1.54, 1.807) is 0 Å². The van der Waals surface area contributed by atoms with E-state index in [-0.39, 0.29) is 23.5 Å². The van der Waals surface area contributed by atoms with Crippen LogP contribution in [0.4, 0.5) is 0 Å². The zero-order valence-electron chi connectivity index (χ0n) is 10.5. The van der Waals surface area contributed by atoms with E-state index in [0.29, 0.717) is 0 Å². The van der Waals surface area contributed by atoms with Crippen molar-refractivity contribution in [2.75, 3.05) is 0 Å². The summed E-state index contributed by atoms with van der Waals surface area (Å²) >= 11 is 6.27. The lowest BCUT2D eigenvalue weighted by Crippen LogP contribution is -2.41. The monoisotopic (exact) mass is 253 g/mol. The van der Waals surface area contributed by atoms with Crippen LogP contribution >= 0.6 is 11.6 Å². The van der Waals surface area contributed by atoms with Gasteiger partial charge in [-0.15, -0.1) is 0 Å². The predicted molar refractivity (Wildman–Crippen MR) is 71.7 cm³/mol. The second kappa shape index (κ2) is 4.58. The molecule has 3 unspecified atom stereocenters. The molecule has 0 amide bonds. The fourth-order valence-electron chi connectivity index (χ4n) is 2.45. The zero-order valence-corrected chi connectivity index (χ0v) is 11.3. The zero-order chi connectivity index (χ0) is 12.6. The molecule has 1 aliphatic rings. The Balaban J connectivity index is 2.38. The lowest BCUT2D eigenvalue weighted by Gasteiger charge is -2.32. The Bertz CT molecular complexity index is 400. The van der Waals surface area contributed by atoms with Gasteiger partial charge < -0.3 is 5.73 Å². The van der Waals surface area contributed by atoms with Crippen LogP contribution in [-0.2, 0) is 0 Å². The standard InChI is InChI=1S/C13H20ClN3/c1-13(2,3)11-10(12(15)17-16-11)8-6-4-5-7-9(8)14/h4-7,10-12,16-17H,15H2,1-3H3. The second-order valence-electron chi connectivity index (χ2n) is 5.71. The molecular weight excluding hydrogens is 234 g/mol. The molecule has 1 aliphatic heterocycles. The van der Waals surface area contributed by atoms with Gasteiger partial charge in [0.25, 0.3) is 0 Å². The van der Waals surface area contributed by atoms with Crippen molar-refractivity contribution in [1.29, 1.82) is 0 Å². The van der Waals surface area contributed by atoms with Crippen LogP contribution in [-0.4, -0.2) is 12.2 Å². The molecule has 0 aromatic heterocycles. The molecule has 3 nitrogen and oxygen atoms in total. The summed E-state index contributed by atoms with van der Waals surface area (Å²) in [4.78, 5) is 0. The smallest absolute Gasteiger partial charge is 0.0764 e. The summed E-state index contributed by atoms with van der Waals surface area (Å²) in [6.07, 6.45) is -0.112. The first kappa shape index (κ1) is 12.8. The van der Waals surface area contributed by atoms with E-state index in [1.165, 1.54) is 0 Å². The van der Waals surface area contributed by atoms with Gasteiger partial charge in [0.2, 0.25) is 0 Å². The number of hydrazine groups is 1. The molecule has 0 spiro atoms. The van der Waals surface area contributed by atoms with Crippen molar-refractivity contribution < 1.29 is 0 Å². The Kier molecular flexibility index (Phi) is 3.46. The SMILES string of the molecule is CC(C)(C)C1NNC(N)C1c1ccccc1Cl. The highest BCUT2D eigenvalue weighted by Crippen LogP contribution is 2.38. The third kappa shape index (κ3) is 2.47. The van der Waals surface area contributed by atoms with Gasteiger partial charge in [0.1, 0.15) is 0 Å². The molecule has 1 aromatic carbocycles. The Morgan fingerprint density at radius 1 is 1.18 bits per heavy atom. The van der Waals surface area contributed by atoms with E-state index in [9.17, 15) is 0 Å². The summed E-state index contributed by atoms with van der Waals surface area (Å²) in [5, 5.41) is 0.785. The minimum Gasteiger partial charge on any atom is -0.314 e. The van der Waals surface area contributed by atoms with Crippen LogP contribution in [0.1, 0.15) is 32.3 Å². The van der Waals surface area contributed by atoms with Crippen LogP contribution in [0.2, 0.25) is 5.02 Å². The van der Waals surface area contributed by atoms with Gasteiger partial charge in [-0.1, -0.05) is 50.6 Å². The van der Waals surface area contributed by atoms with Crippen molar-refractivity contribution in [1.82, 2.24) is 10.9 Å². The number of halogens is 1. The van der Waals surface area contributed by atoms with Crippen molar-refractivity contribution in [3.63, 3.8) is 0 Å². The first-order chi connectivity index (χ1) is 7.91. The van der Waals surface area contributed by atoms with Gasteiger partial charge in [0.05, 0.1) is 6.17 Å². The van der Waals surface area contributed by atoms with Crippen LogP contribution in [0.25, 0.3) is 0 Å². The largest absolute Gasteiger partial charge is 0.314 e. The third-order valence-corrected chi connectivity index (χ3v) is 3.69. The van der Waals surface area contributed by atoms with Crippen LogP contribution in [0.15, 0.2) is 24.3 Å². The summed E-state index contributed by atoms with van der Waals surface area (Å²) in [6, 6.07) is 8.19. The number of rotatable bonds is 1. The minimum absolute atomic E-state index is 0.112. The summed E-state index contributed by atoms with van der Waals surface area (Å²) in [7, 11) is 0. The van der Waals surface area contributed by atoms with E-state index < -0.39 is 0 Å². The van der Waals surface area contributed by atoms with Gasteiger partial charge in [-0.2, -0.15) is 0 Å². The Morgan fingerprint density at radius 3 is 2.41 bits per heavy atom. The van der Waals surface area contributed by atoms with Crippen molar-refractivity contribution in [2.45, 2.75) is 38.9 Å². The minimum atomic E-state index is -0.112. The lowest BCUT2D eigenvalue weighted by atomic mass is 9.76. The molecule has 4 heteroatoms. The topological polar surface area (TPSA) is 50.1 Å². The highest BCUT2D eigenvalue weighted by molar-refractivity contribution is 6.31. The predicted octanol–water partition coefficient (Wildman–Crippen LogP) is 2.23. The molecule has 0 saturated carbocycles. The van der Waals surface area contributed by atoms with Gasteiger partial charge in [-0.05, 0) is 17.0 Å². The number of benzene rings is 1. The van der Waals surface area contributed by atoms with Crippen LogP contribution < -0.4 is 16.6 Å². The Morgan fingerprint density at radius 2 is 1.82 bits per heavy atom. The fourth-order valence-corrected chi connectivity index (χ4v) is 2.71. The van der Waals surface area contributed by atoms with E-state index in [2.05, 4.69) is 37.7 Å². The summed E-state index contributed by atoms with van der Waals surface area (Å²) < 4.78 is 0. The number of hydrogen-bond donors (Lipinski definition) is 3. The molecule has 2 rings (SSSR count). The van der Waals surface area contributed by atoms with Gasteiger partial charge in [0, 0.05) is 17.0 Å². The average Bonchev–Trinajstić information content (AvgIpc) is 2.60. The lowest BCUT2D eigenvalue weighted by molar-refractivity contribution is 0.266. The molecule has 1 fully saturated rings.